The molecule has 1 fully saturated rings. The van der Waals surface area contributed by atoms with Gasteiger partial charge in [-0.3, -0.25) is 9.69 Å². The lowest BCUT2D eigenvalue weighted by Crippen LogP contribution is -2.40. The third kappa shape index (κ3) is 4.60. The molecule has 0 radical (unpaired) electrons. The first-order valence-electron chi connectivity index (χ1n) is 8.73. The number of hydrogen-bond acceptors (Lipinski definition) is 5. The number of thioether (sulfide) groups is 1. The van der Waals surface area contributed by atoms with Gasteiger partial charge in [-0.25, -0.2) is 9.38 Å². The normalized spacial score (nSPS) is 18.0. The van der Waals surface area contributed by atoms with Crippen LogP contribution in [0.25, 0.3) is 0 Å². The van der Waals surface area contributed by atoms with Gasteiger partial charge in [-0.2, -0.15) is 0 Å². The summed E-state index contributed by atoms with van der Waals surface area (Å²) in [6.45, 7) is 4.14. The van der Waals surface area contributed by atoms with Crippen molar-refractivity contribution >= 4 is 28.5 Å². The predicted molar refractivity (Wildman–Crippen MR) is 105 cm³/mol. The van der Waals surface area contributed by atoms with Gasteiger partial charge < -0.3 is 9.47 Å². The summed E-state index contributed by atoms with van der Waals surface area (Å²) < 4.78 is 24.7. The fourth-order valence-electron chi connectivity index (χ4n) is 2.67. The van der Waals surface area contributed by atoms with Crippen molar-refractivity contribution in [1.82, 2.24) is 4.90 Å². The van der Waals surface area contributed by atoms with Gasteiger partial charge in [0.05, 0.1) is 6.61 Å². The molecule has 1 aliphatic heterocycles. The summed E-state index contributed by atoms with van der Waals surface area (Å²) in [5.74, 6) is 0.714. The van der Waals surface area contributed by atoms with Crippen LogP contribution in [-0.4, -0.2) is 41.0 Å². The van der Waals surface area contributed by atoms with E-state index in [1.165, 1.54) is 23.9 Å². The van der Waals surface area contributed by atoms with Crippen LogP contribution in [0.1, 0.15) is 13.8 Å². The van der Waals surface area contributed by atoms with Gasteiger partial charge >= 0.3 is 0 Å². The van der Waals surface area contributed by atoms with Gasteiger partial charge in [0.25, 0.3) is 5.91 Å². The maximum atomic E-state index is 13.7. The Morgan fingerprint density at radius 2 is 1.89 bits per heavy atom. The van der Waals surface area contributed by atoms with Crippen molar-refractivity contribution < 1.29 is 18.7 Å². The fourth-order valence-corrected chi connectivity index (χ4v) is 3.79. The molecule has 27 heavy (non-hydrogen) atoms. The van der Waals surface area contributed by atoms with Crippen LogP contribution in [-0.2, 0) is 4.79 Å². The molecule has 0 unspecified atom stereocenters. The van der Waals surface area contributed by atoms with Gasteiger partial charge in [0.2, 0.25) is 0 Å². The van der Waals surface area contributed by atoms with E-state index < -0.39 is 5.82 Å². The molecule has 2 aromatic rings. The predicted octanol–water partition coefficient (Wildman–Crippen LogP) is 4.25. The molecule has 1 amide bonds. The van der Waals surface area contributed by atoms with Crippen molar-refractivity contribution in [2.45, 2.75) is 19.9 Å². The number of benzene rings is 2. The first kappa shape index (κ1) is 19.2. The van der Waals surface area contributed by atoms with E-state index in [0.29, 0.717) is 23.2 Å². The maximum Gasteiger partial charge on any atom is 0.266 e. The molecule has 1 aliphatic rings. The van der Waals surface area contributed by atoms with E-state index in [4.69, 9.17) is 9.47 Å². The summed E-state index contributed by atoms with van der Waals surface area (Å²) in [6.07, 6.45) is 0. The molecule has 5 nitrogen and oxygen atoms in total. The van der Waals surface area contributed by atoms with Crippen LogP contribution in [0.5, 0.6) is 11.5 Å². The number of hydrogen-bond donors (Lipinski definition) is 0. The number of amidine groups is 1. The third-order valence-corrected chi connectivity index (χ3v) is 5.13. The first-order valence-corrected chi connectivity index (χ1v) is 9.71. The number of aliphatic imine (C=N–C) groups is 1. The molecule has 1 atom stereocenters. The summed E-state index contributed by atoms with van der Waals surface area (Å²) in [5.41, 5.74) is 0.670. The maximum absolute atomic E-state index is 13.7. The van der Waals surface area contributed by atoms with Gasteiger partial charge in [-0.1, -0.05) is 36.0 Å². The highest BCUT2D eigenvalue weighted by Gasteiger charge is 2.32. The van der Waals surface area contributed by atoms with Crippen LogP contribution in [0.2, 0.25) is 0 Å². The molecule has 3 rings (SSSR count). The zero-order valence-electron chi connectivity index (χ0n) is 15.2. The topological polar surface area (TPSA) is 51.1 Å². The average molecular weight is 388 g/mol. The Balaban J connectivity index is 1.77. The lowest BCUT2D eigenvalue weighted by Gasteiger charge is -2.21. The molecule has 0 aliphatic carbocycles. The minimum absolute atomic E-state index is 0.0234. The summed E-state index contributed by atoms with van der Waals surface area (Å²) in [5, 5.41) is 0.594. The molecule has 0 spiro atoms. The number of rotatable bonds is 6. The lowest BCUT2D eigenvalue weighted by molar-refractivity contribution is -0.130. The third-order valence-electron chi connectivity index (χ3n) is 3.94. The van der Waals surface area contributed by atoms with Crippen LogP contribution >= 0.6 is 11.8 Å². The van der Waals surface area contributed by atoms with Gasteiger partial charge in [0, 0.05) is 11.8 Å². The van der Waals surface area contributed by atoms with Crippen molar-refractivity contribution in [3.63, 3.8) is 0 Å². The van der Waals surface area contributed by atoms with E-state index in [9.17, 15) is 9.18 Å². The number of para-hydroxylation sites is 3. The number of halogens is 1. The van der Waals surface area contributed by atoms with Crippen LogP contribution in [0, 0.1) is 5.82 Å². The van der Waals surface area contributed by atoms with Crippen molar-refractivity contribution in [1.29, 1.82) is 0 Å². The highest BCUT2D eigenvalue weighted by Crippen LogP contribution is 2.32. The number of carbonyl (C=O) groups excluding carboxylic acids is 1. The highest BCUT2D eigenvalue weighted by molar-refractivity contribution is 8.14. The van der Waals surface area contributed by atoms with Gasteiger partial charge in [0.15, 0.2) is 23.3 Å². The molecular formula is C20H21FN2O3S. The highest BCUT2D eigenvalue weighted by atomic mass is 32.2. The fraction of sp³-hybridized carbons (Fsp3) is 0.300. The van der Waals surface area contributed by atoms with Gasteiger partial charge in [-0.05, 0) is 38.1 Å². The second kappa shape index (κ2) is 8.90. The molecule has 0 aromatic heterocycles. The van der Waals surface area contributed by atoms with E-state index >= 15 is 0 Å². The molecule has 7 heteroatoms. The lowest BCUT2D eigenvalue weighted by atomic mass is 10.3. The SMILES string of the molecule is CCOc1ccccc1N=C1SC[C@H](C)N1C(=O)COc1ccccc1F. The standard InChI is InChI=1S/C20H21FN2O3S/c1-3-25-18-11-7-5-9-16(18)22-20-23(14(2)13-27-20)19(24)12-26-17-10-6-4-8-15(17)21/h4-11,14H,3,12-13H2,1-2H3/t14-/m0/s1. The minimum Gasteiger partial charge on any atom is -0.492 e. The average Bonchev–Trinajstić information content (AvgIpc) is 3.03. The quantitative estimate of drug-likeness (QED) is 0.742. The summed E-state index contributed by atoms with van der Waals surface area (Å²) in [7, 11) is 0. The number of carbonyl (C=O) groups is 1. The van der Waals surface area contributed by atoms with Crippen LogP contribution in [0.4, 0.5) is 10.1 Å². The Kier molecular flexibility index (Phi) is 6.34. The molecule has 0 saturated carbocycles. The molecule has 142 valence electrons. The monoisotopic (exact) mass is 388 g/mol. The Labute approximate surface area is 162 Å². The number of amides is 1. The summed E-state index contributed by atoms with van der Waals surface area (Å²) in [4.78, 5) is 18.9. The zero-order valence-corrected chi connectivity index (χ0v) is 16.0. The molecule has 1 saturated heterocycles. The second-order valence-corrected chi connectivity index (χ2v) is 6.93. The molecule has 0 N–H and O–H groups in total. The second-order valence-electron chi connectivity index (χ2n) is 5.94. The van der Waals surface area contributed by atoms with Gasteiger partial charge in [-0.15, -0.1) is 0 Å². The van der Waals surface area contributed by atoms with E-state index in [2.05, 4.69) is 4.99 Å². The summed E-state index contributed by atoms with van der Waals surface area (Å²) in [6, 6.07) is 13.5. The van der Waals surface area contributed by atoms with E-state index in [1.807, 2.05) is 38.1 Å². The van der Waals surface area contributed by atoms with Crippen LogP contribution < -0.4 is 9.47 Å². The van der Waals surface area contributed by atoms with Crippen LogP contribution in [0.15, 0.2) is 53.5 Å². The van der Waals surface area contributed by atoms with Crippen molar-refractivity contribution in [2.24, 2.45) is 4.99 Å². The zero-order chi connectivity index (χ0) is 19.2. The molecule has 0 bridgehead atoms. The smallest absolute Gasteiger partial charge is 0.266 e. The van der Waals surface area contributed by atoms with Crippen molar-refractivity contribution in [3.8, 4) is 11.5 Å². The molecule has 1 heterocycles. The molecule has 2 aromatic carbocycles. The Morgan fingerprint density at radius 1 is 1.19 bits per heavy atom. The summed E-state index contributed by atoms with van der Waals surface area (Å²) >= 11 is 1.50. The van der Waals surface area contributed by atoms with Gasteiger partial charge in [0.1, 0.15) is 11.4 Å². The molecular weight excluding hydrogens is 367 g/mol. The number of nitrogens with zero attached hydrogens (tertiary/aromatic N) is 2. The Hall–Kier alpha value is -2.54. The van der Waals surface area contributed by atoms with Crippen LogP contribution in [0.3, 0.4) is 0 Å². The van der Waals surface area contributed by atoms with E-state index in [-0.39, 0.29) is 24.3 Å². The minimum atomic E-state index is -0.492. The Morgan fingerprint density at radius 3 is 2.63 bits per heavy atom. The van der Waals surface area contributed by atoms with E-state index in [0.717, 1.165) is 5.75 Å². The van der Waals surface area contributed by atoms with Crippen molar-refractivity contribution in [3.05, 3.63) is 54.3 Å². The first-order chi connectivity index (χ1) is 13.1. The van der Waals surface area contributed by atoms with E-state index in [1.54, 1.807) is 17.0 Å². The number of ether oxygens (including phenoxy) is 2. The van der Waals surface area contributed by atoms with Crippen molar-refractivity contribution in [2.75, 3.05) is 19.0 Å². The Bertz CT molecular complexity index is 843. The largest absolute Gasteiger partial charge is 0.492 e.